The zero-order valence-corrected chi connectivity index (χ0v) is 7.53. The predicted octanol–water partition coefficient (Wildman–Crippen LogP) is 1.16. The molecule has 0 spiro atoms. The van der Waals surface area contributed by atoms with Gasteiger partial charge in [0.25, 0.3) is 0 Å². The van der Waals surface area contributed by atoms with Crippen molar-refractivity contribution in [2.45, 2.75) is 26.3 Å². The molecule has 0 unspecified atom stereocenters. The third-order valence-corrected chi connectivity index (χ3v) is 2.45. The van der Waals surface area contributed by atoms with E-state index >= 15 is 0 Å². The number of rotatable bonds is 1. The van der Waals surface area contributed by atoms with E-state index in [0.717, 1.165) is 25.2 Å². The lowest BCUT2D eigenvalue weighted by Crippen LogP contribution is -2.17. The summed E-state index contributed by atoms with van der Waals surface area (Å²) in [6.07, 6.45) is 3.64. The highest BCUT2D eigenvalue weighted by Crippen LogP contribution is 2.19. The molecule has 1 aliphatic rings. The summed E-state index contributed by atoms with van der Waals surface area (Å²) in [5.41, 5.74) is 0.170. The second-order valence-electron chi connectivity index (χ2n) is 3.64. The van der Waals surface area contributed by atoms with Gasteiger partial charge in [0.1, 0.15) is 5.82 Å². The molecule has 70 valence electrons. The topological polar surface area (TPSA) is 55.1 Å². The van der Waals surface area contributed by atoms with Crippen molar-refractivity contribution in [3.8, 4) is 0 Å². The van der Waals surface area contributed by atoms with Crippen molar-refractivity contribution in [1.82, 2.24) is 9.55 Å². The van der Waals surface area contributed by atoms with Crippen molar-refractivity contribution in [2.75, 3.05) is 0 Å². The molecule has 1 atom stereocenters. The van der Waals surface area contributed by atoms with Gasteiger partial charge in [-0.2, -0.15) is 0 Å². The van der Waals surface area contributed by atoms with E-state index in [1.54, 1.807) is 6.20 Å². The van der Waals surface area contributed by atoms with Crippen LogP contribution in [0.5, 0.6) is 0 Å². The van der Waals surface area contributed by atoms with Gasteiger partial charge < -0.3 is 9.67 Å². The Morgan fingerprint density at radius 3 is 3.23 bits per heavy atom. The molecule has 0 radical (unpaired) electrons. The zero-order chi connectivity index (χ0) is 9.42. The molecular formula is C9H12N2O2. The number of aromatic carboxylic acids is 1. The quantitative estimate of drug-likeness (QED) is 0.705. The fourth-order valence-electron chi connectivity index (χ4n) is 1.72. The van der Waals surface area contributed by atoms with Crippen molar-refractivity contribution in [3.05, 3.63) is 17.7 Å². The first-order valence-electron chi connectivity index (χ1n) is 4.46. The highest BCUT2D eigenvalue weighted by atomic mass is 16.4. The van der Waals surface area contributed by atoms with Crippen molar-refractivity contribution in [3.63, 3.8) is 0 Å². The van der Waals surface area contributed by atoms with Gasteiger partial charge >= 0.3 is 5.97 Å². The van der Waals surface area contributed by atoms with Crippen LogP contribution in [-0.4, -0.2) is 20.6 Å². The molecule has 0 bridgehead atoms. The fraction of sp³-hybridized carbons (Fsp3) is 0.556. The lowest BCUT2D eigenvalue weighted by Gasteiger charge is -2.19. The number of nitrogens with zero attached hydrogens (tertiary/aromatic N) is 2. The number of hydrogen-bond donors (Lipinski definition) is 1. The van der Waals surface area contributed by atoms with Gasteiger partial charge in [-0.3, -0.25) is 0 Å². The third-order valence-electron chi connectivity index (χ3n) is 2.45. The number of aryl methyl sites for hydroxylation is 1. The molecule has 0 amide bonds. The molecule has 13 heavy (non-hydrogen) atoms. The average molecular weight is 180 g/mol. The largest absolute Gasteiger partial charge is 0.476 e. The van der Waals surface area contributed by atoms with Crippen LogP contribution < -0.4 is 0 Å². The number of imidazole rings is 1. The molecule has 4 heteroatoms. The maximum atomic E-state index is 10.6. The maximum Gasteiger partial charge on any atom is 0.356 e. The van der Waals surface area contributed by atoms with E-state index in [0.29, 0.717) is 5.92 Å². The Hall–Kier alpha value is -1.32. The summed E-state index contributed by atoms with van der Waals surface area (Å²) in [6.45, 7) is 3.07. The highest BCUT2D eigenvalue weighted by molar-refractivity contribution is 5.85. The minimum atomic E-state index is -0.936. The molecule has 0 saturated carbocycles. The van der Waals surface area contributed by atoms with E-state index in [4.69, 9.17) is 5.11 Å². The minimum Gasteiger partial charge on any atom is -0.476 e. The molecule has 1 aromatic heterocycles. The molecule has 1 aromatic rings. The van der Waals surface area contributed by atoms with Crippen LogP contribution >= 0.6 is 0 Å². The summed E-state index contributed by atoms with van der Waals surface area (Å²) in [4.78, 5) is 14.7. The lowest BCUT2D eigenvalue weighted by molar-refractivity contribution is 0.0691. The van der Waals surface area contributed by atoms with Crippen LogP contribution in [0.4, 0.5) is 0 Å². The van der Waals surface area contributed by atoms with Gasteiger partial charge in [0.15, 0.2) is 5.69 Å². The smallest absolute Gasteiger partial charge is 0.356 e. The molecule has 1 aliphatic heterocycles. The predicted molar refractivity (Wildman–Crippen MR) is 46.7 cm³/mol. The summed E-state index contributed by atoms with van der Waals surface area (Å²) < 4.78 is 1.96. The molecule has 0 fully saturated rings. The van der Waals surface area contributed by atoms with Gasteiger partial charge in [-0.25, -0.2) is 9.78 Å². The van der Waals surface area contributed by atoms with E-state index in [-0.39, 0.29) is 5.69 Å². The van der Waals surface area contributed by atoms with Gasteiger partial charge in [-0.1, -0.05) is 6.92 Å². The first-order chi connectivity index (χ1) is 6.16. The Bertz CT molecular complexity index is 343. The van der Waals surface area contributed by atoms with Gasteiger partial charge in [0.05, 0.1) is 0 Å². The Kier molecular flexibility index (Phi) is 1.83. The van der Waals surface area contributed by atoms with Crippen molar-refractivity contribution < 1.29 is 9.90 Å². The Morgan fingerprint density at radius 1 is 1.77 bits per heavy atom. The van der Waals surface area contributed by atoms with Crippen molar-refractivity contribution >= 4 is 5.97 Å². The average Bonchev–Trinajstić information content (AvgIpc) is 2.46. The van der Waals surface area contributed by atoms with Crippen molar-refractivity contribution in [2.24, 2.45) is 5.92 Å². The number of hydrogen-bond acceptors (Lipinski definition) is 2. The standard InChI is InChI=1S/C9H12N2O2/c1-6-2-3-8-10-7(9(12)13)5-11(8)4-6/h5-6H,2-4H2,1H3,(H,12,13)/t6-/m0/s1. The summed E-state index contributed by atoms with van der Waals surface area (Å²) in [5.74, 6) is 0.605. The van der Waals surface area contributed by atoms with E-state index in [2.05, 4.69) is 11.9 Å². The van der Waals surface area contributed by atoms with Crippen molar-refractivity contribution in [1.29, 1.82) is 0 Å². The highest BCUT2D eigenvalue weighted by Gasteiger charge is 2.19. The molecule has 0 saturated heterocycles. The normalized spacial score (nSPS) is 21.2. The third kappa shape index (κ3) is 1.43. The first kappa shape index (κ1) is 8.29. The second-order valence-corrected chi connectivity index (χ2v) is 3.64. The molecule has 4 nitrogen and oxygen atoms in total. The summed E-state index contributed by atoms with van der Waals surface area (Å²) >= 11 is 0. The molecule has 2 heterocycles. The van der Waals surface area contributed by atoms with E-state index in [1.807, 2.05) is 4.57 Å². The van der Waals surface area contributed by atoms with Crippen LogP contribution in [0.2, 0.25) is 0 Å². The minimum absolute atomic E-state index is 0.170. The molecule has 2 rings (SSSR count). The Labute approximate surface area is 76.2 Å². The molecule has 0 aromatic carbocycles. The van der Waals surface area contributed by atoms with Gasteiger partial charge in [0, 0.05) is 19.2 Å². The Morgan fingerprint density at radius 2 is 2.54 bits per heavy atom. The molecule has 1 N–H and O–H groups in total. The molecular weight excluding hydrogens is 168 g/mol. The van der Waals surface area contributed by atoms with Crippen LogP contribution in [0.3, 0.4) is 0 Å². The van der Waals surface area contributed by atoms with E-state index in [9.17, 15) is 4.79 Å². The SMILES string of the molecule is C[C@H]1CCc2nc(C(=O)O)cn2C1. The number of fused-ring (bicyclic) bond motifs is 1. The number of carboxylic acid groups (broad SMARTS) is 1. The van der Waals surface area contributed by atoms with Crippen LogP contribution in [0.1, 0.15) is 29.7 Å². The van der Waals surface area contributed by atoms with Crippen LogP contribution in [-0.2, 0) is 13.0 Å². The number of aromatic nitrogens is 2. The van der Waals surface area contributed by atoms with Gasteiger partial charge in [-0.05, 0) is 12.3 Å². The van der Waals surface area contributed by atoms with Gasteiger partial charge in [0.2, 0.25) is 0 Å². The van der Waals surface area contributed by atoms with Crippen LogP contribution in [0.25, 0.3) is 0 Å². The zero-order valence-electron chi connectivity index (χ0n) is 7.53. The summed E-state index contributed by atoms with van der Waals surface area (Å²) in [6, 6.07) is 0. The number of carbonyl (C=O) groups is 1. The lowest BCUT2D eigenvalue weighted by atomic mass is 10.0. The van der Waals surface area contributed by atoms with Crippen LogP contribution in [0, 0.1) is 5.92 Å². The summed E-state index contributed by atoms with van der Waals surface area (Å²) in [7, 11) is 0. The van der Waals surface area contributed by atoms with Gasteiger partial charge in [-0.15, -0.1) is 0 Å². The fourth-order valence-corrected chi connectivity index (χ4v) is 1.72. The monoisotopic (exact) mass is 180 g/mol. The first-order valence-corrected chi connectivity index (χ1v) is 4.46. The summed E-state index contributed by atoms with van der Waals surface area (Å²) in [5, 5.41) is 8.72. The van der Waals surface area contributed by atoms with E-state index < -0.39 is 5.97 Å². The second kappa shape index (κ2) is 2.87. The van der Waals surface area contributed by atoms with E-state index in [1.165, 1.54) is 0 Å². The Balaban J connectivity index is 2.33. The maximum absolute atomic E-state index is 10.6. The molecule has 0 aliphatic carbocycles. The van der Waals surface area contributed by atoms with Crippen LogP contribution in [0.15, 0.2) is 6.20 Å². The number of carboxylic acids is 1.